The molecule has 2 N–H and O–H groups in total. The van der Waals surface area contributed by atoms with E-state index < -0.39 is 0 Å². The van der Waals surface area contributed by atoms with E-state index in [-0.39, 0.29) is 12.1 Å². The van der Waals surface area contributed by atoms with Crippen molar-refractivity contribution in [2.45, 2.75) is 31.9 Å². The number of hydrogen-bond acceptors (Lipinski definition) is 2. The molecule has 2 unspecified atom stereocenters. The second kappa shape index (κ2) is 6.45. The number of rotatable bonds is 5. The SMILES string of the molecule is CCC(OC)C(N)Cc1ccc(I)cc1. The molecule has 0 fully saturated rings. The Morgan fingerprint density at radius 3 is 2.40 bits per heavy atom. The second-order valence-electron chi connectivity index (χ2n) is 3.68. The lowest BCUT2D eigenvalue weighted by molar-refractivity contribution is 0.0773. The average Bonchev–Trinajstić information content (AvgIpc) is 2.23. The van der Waals surface area contributed by atoms with Crippen molar-refractivity contribution in [3.63, 3.8) is 0 Å². The highest BCUT2D eigenvalue weighted by Crippen LogP contribution is 2.11. The molecule has 1 aromatic carbocycles. The Balaban J connectivity index is 2.57. The molecule has 0 amide bonds. The fraction of sp³-hybridized carbons (Fsp3) is 0.500. The molecule has 2 atom stereocenters. The summed E-state index contributed by atoms with van der Waals surface area (Å²) in [6.45, 7) is 2.10. The van der Waals surface area contributed by atoms with Crippen LogP contribution in [0.25, 0.3) is 0 Å². The van der Waals surface area contributed by atoms with Gasteiger partial charge in [-0.05, 0) is 53.1 Å². The Hall–Kier alpha value is -0.130. The first-order chi connectivity index (χ1) is 7.17. The van der Waals surface area contributed by atoms with Gasteiger partial charge in [-0.2, -0.15) is 0 Å². The lowest BCUT2D eigenvalue weighted by Gasteiger charge is -2.21. The van der Waals surface area contributed by atoms with Crippen LogP contribution in [0.1, 0.15) is 18.9 Å². The zero-order chi connectivity index (χ0) is 11.3. The van der Waals surface area contributed by atoms with Gasteiger partial charge in [-0.15, -0.1) is 0 Å². The molecule has 15 heavy (non-hydrogen) atoms. The monoisotopic (exact) mass is 319 g/mol. The molecule has 1 rings (SSSR count). The summed E-state index contributed by atoms with van der Waals surface area (Å²) in [5.74, 6) is 0. The highest BCUT2D eigenvalue weighted by Gasteiger charge is 2.15. The standard InChI is InChI=1S/C12H18INO/c1-3-12(15-2)11(14)8-9-4-6-10(13)7-5-9/h4-7,11-12H,3,8,14H2,1-2H3. The third kappa shape index (κ3) is 4.09. The van der Waals surface area contributed by atoms with Crippen molar-refractivity contribution in [3.05, 3.63) is 33.4 Å². The van der Waals surface area contributed by atoms with E-state index in [4.69, 9.17) is 10.5 Å². The number of ether oxygens (including phenoxy) is 1. The minimum absolute atomic E-state index is 0.0834. The van der Waals surface area contributed by atoms with Gasteiger partial charge in [-0.3, -0.25) is 0 Å². The van der Waals surface area contributed by atoms with Crippen molar-refractivity contribution in [1.29, 1.82) is 0 Å². The van der Waals surface area contributed by atoms with Gasteiger partial charge < -0.3 is 10.5 Å². The summed E-state index contributed by atoms with van der Waals surface area (Å²) >= 11 is 2.30. The molecule has 0 aliphatic carbocycles. The van der Waals surface area contributed by atoms with Crippen LogP contribution in [0.3, 0.4) is 0 Å². The lowest BCUT2D eigenvalue weighted by Crippen LogP contribution is -2.37. The molecule has 3 heteroatoms. The lowest BCUT2D eigenvalue weighted by atomic mass is 10.0. The molecule has 84 valence electrons. The number of nitrogens with two attached hydrogens (primary N) is 1. The van der Waals surface area contributed by atoms with Gasteiger partial charge in [0.15, 0.2) is 0 Å². The van der Waals surface area contributed by atoms with Crippen molar-refractivity contribution in [2.75, 3.05) is 7.11 Å². The summed E-state index contributed by atoms with van der Waals surface area (Å²) in [6.07, 6.45) is 2.00. The largest absolute Gasteiger partial charge is 0.380 e. The molecular formula is C12H18INO. The summed E-state index contributed by atoms with van der Waals surface area (Å²) < 4.78 is 6.58. The number of methoxy groups -OCH3 is 1. The average molecular weight is 319 g/mol. The molecule has 2 nitrogen and oxygen atoms in total. The van der Waals surface area contributed by atoms with Gasteiger partial charge in [0.05, 0.1) is 6.10 Å². The van der Waals surface area contributed by atoms with Gasteiger partial charge in [0.2, 0.25) is 0 Å². The fourth-order valence-corrected chi connectivity index (χ4v) is 2.03. The Kier molecular flexibility index (Phi) is 5.56. The van der Waals surface area contributed by atoms with E-state index in [1.165, 1.54) is 9.13 Å². The molecular weight excluding hydrogens is 301 g/mol. The van der Waals surface area contributed by atoms with Crippen LogP contribution in [-0.4, -0.2) is 19.3 Å². The van der Waals surface area contributed by atoms with E-state index in [9.17, 15) is 0 Å². The maximum Gasteiger partial charge on any atom is 0.0722 e. The first-order valence-corrected chi connectivity index (χ1v) is 6.28. The van der Waals surface area contributed by atoms with Crippen molar-refractivity contribution >= 4 is 22.6 Å². The quantitative estimate of drug-likeness (QED) is 0.847. The number of benzene rings is 1. The van der Waals surface area contributed by atoms with Gasteiger partial charge >= 0.3 is 0 Å². The molecule has 0 spiro atoms. The van der Waals surface area contributed by atoms with E-state index in [0.29, 0.717) is 0 Å². The van der Waals surface area contributed by atoms with E-state index >= 15 is 0 Å². The molecule has 0 radical (unpaired) electrons. The number of halogens is 1. The van der Waals surface area contributed by atoms with Crippen LogP contribution in [0.5, 0.6) is 0 Å². The summed E-state index contributed by atoms with van der Waals surface area (Å²) in [4.78, 5) is 0. The third-order valence-electron chi connectivity index (χ3n) is 2.57. The summed E-state index contributed by atoms with van der Waals surface area (Å²) in [5.41, 5.74) is 7.36. The fourth-order valence-electron chi connectivity index (χ4n) is 1.67. The van der Waals surface area contributed by atoms with Gasteiger partial charge in [0, 0.05) is 16.7 Å². The molecule has 0 saturated heterocycles. The van der Waals surface area contributed by atoms with Gasteiger partial charge in [0.1, 0.15) is 0 Å². The van der Waals surface area contributed by atoms with Crippen molar-refractivity contribution in [2.24, 2.45) is 5.73 Å². The van der Waals surface area contributed by atoms with Gasteiger partial charge in [-0.25, -0.2) is 0 Å². The van der Waals surface area contributed by atoms with E-state index in [0.717, 1.165) is 12.8 Å². The van der Waals surface area contributed by atoms with E-state index in [1.54, 1.807) is 7.11 Å². The molecule has 1 aromatic rings. The van der Waals surface area contributed by atoms with Crippen LogP contribution in [0.4, 0.5) is 0 Å². The Morgan fingerprint density at radius 1 is 1.33 bits per heavy atom. The molecule has 0 aromatic heterocycles. The molecule has 0 bridgehead atoms. The van der Waals surface area contributed by atoms with Crippen LogP contribution < -0.4 is 5.73 Å². The van der Waals surface area contributed by atoms with Crippen molar-refractivity contribution < 1.29 is 4.74 Å². The summed E-state index contributed by atoms with van der Waals surface area (Å²) in [5, 5.41) is 0. The Morgan fingerprint density at radius 2 is 1.93 bits per heavy atom. The van der Waals surface area contributed by atoms with Gasteiger partial charge in [0.25, 0.3) is 0 Å². The highest BCUT2D eigenvalue weighted by atomic mass is 127. The first kappa shape index (κ1) is 12.9. The predicted octanol–water partition coefficient (Wildman–Crippen LogP) is 2.59. The smallest absolute Gasteiger partial charge is 0.0722 e. The molecule has 0 heterocycles. The van der Waals surface area contributed by atoms with Crippen LogP contribution >= 0.6 is 22.6 Å². The minimum atomic E-state index is 0.0834. The second-order valence-corrected chi connectivity index (χ2v) is 4.92. The Bertz CT molecular complexity index is 282. The van der Waals surface area contributed by atoms with Crippen molar-refractivity contribution in [3.8, 4) is 0 Å². The van der Waals surface area contributed by atoms with Crippen molar-refractivity contribution in [1.82, 2.24) is 0 Å². The number of hydrogen-bond donors (Lipinski definition) is 1. The maximum atomic E-state index is 6.08. The predicted molar refractivity (Wildman–Crippen MR) is 71.9 cm³/mol. The summed E-state index contributed by atoms with van der Waals surface area (Å²) in [6, 6.07) is 8.56. The maximum absolute atomic E-state index is 6.08. The van der Waals surface area contributed by atoms with E-state index in [1.807, 2.05) is 0 Å². The zero-order valence-corrected chi connectivity index (χ0v) is 11.4. The molecule has 0 aliphatic rings. The summed E-state index contributed by atoms with van der Waals surface area (Å²) in [7, 11) is 1.72. The van der Waals surface area contributed by atoms with Crippen LogP contribution in [0, 0.1) is 3.57 Å². The first-order valence-electron chi connectivity index (χ1n) is 5.20. The Labute approximate surface area is 105 Å². The van der Waals surface area contributed by atoms with Crippen LogP contribution in [0.15, 0.2) is 24.3 Å². The molecule has 0 aliphatic heterocycles. The normalized spacial score (nSPS) is 14.9. The van der Waals surface area contributed by atoms with Crippen LogP contribution in [0.2, 0.25) is 0 Å². The topological polar surface area (TPSA) is 35.2 Å². The van der Waals surface area contributed by atoms with Gasteiger partial charge in [-0.1, -0.05) is 19.1 Å². The molecule has 0 saturated carbocycles. The van der Waals surface area contributed by atoms with E-state index in [2.05, 4.69) is 53.8 Å². The minimum Gasteiger partial charge on any atom is -0.380 e. The van der Waals surface area contributed by atoms with Crippen LogP contribution in [-0.2, 0) is 11.2 Å². The zero-order valence-electron chi connectivity index (χ0n) is 9.24. The highest BCUT2D eigenvalue weighted by molar-refractivity contribution is 14.1. The third-order valence-corrected chi connectivity index (χ3v) is 3.29.